The molecule has 0 spiro atoms. The highest BCUT2D eigenvalue weighted by Crippen LogP contribution is 2.15. The lowest BCUT2D eigenvalue weighted by Gasteiger charge is -2.13. The van der Waals surface area contributed by atoms with E-state index in [-0.39, 0.29) is 17.0 Å². The fraction of sp³-hybridized carbons (Fsp3) is 0.333. The van der Waals surface area contributed by atoms with Crippen molar-refractivity contribution in [3.8, 4) is 0 Å². The molecule has 0 heterocycles. The first-order chi connectivity index (χ1) is 8.45. The Bertz CT molecular complexity index is 465. The summed E-state index contributed by atoms with van der Waals surface area (Å²) >= 11 is 5.66. The highest BCUT2D eigenvalue weighted by Gasteiger charge is 2.21. The Morgan fingerprint density at radius 3 is 2.72 bits per heavy atom. The number of carboxylic acid groups (broad SMARTS) is 1. The molecule has 0 radical (unpaired) electrons. The molecule has 0 bridgehead atoms. The minimum absolute atomic E-state index is 0.212. The number of carbonyl (C=O) groups excluding carboxylic acids is 1. The van der Waals surface area contributed by atoms with Crippen molar-refractivity contribution in [2.75, 3.05) is 0 Å². The summed E-state index contributed by atoms with van der Waals surface area (Å²) in [6, 6.07) is 2.51. The maximum Gasteiger partial charge on any atom is 0.326 e. The van der Waals surface area contributed by atoms with Crippen molar-refractivity contribution in [3.63, 3.8) is 0 Å². The molecule has 2 N–H and O–H groups in total. The topological polar surface area (TPSA) is 66.4 Å². The van der Waals surface area contributed by atoms with Gasteiger partial charge in [0.2, 0.25) is 0 Å². The Balaban J connectivity index is 2.86. The van der Waals surface area contributed by atoms with E-state index in [2.05, 4.69) is 5.32 Å². The number of benzene rings is 1. The van der Waals surface area contributed by atoms with E-state index < -0.39 is 23.7 Å². The summed E-state index contributed by atoms with van der Waals surface area (Å²) in [5.74, 6) is -2.67. The smallest absolute Gasteiger partial charge is 0.326 e. The van der Waals surface area contributed by atoms with Crippen molar-refractivity contribution in [2.24, 2.45) is 0 Å². The van der Waals surface area contributed by atoms with E-state index in [0.29, 0.717) is 6.42 Å². The average molecular weight is 274 g/mol. The second-order valence-electron chi connectivity index (χ2n) is 3.78. The summed E-state index contributed by atoms with van der Waals surface area (Å²) in [4.78, 5) is 22.6. The van der Waals surface area contributed by atoms with Gasteiger partial charge in [-0.25, -0.2) is 9.18 Å². The number of hydrogen-bond acceptors (Lipinski definition) is 2. The van der Waals surface area contributed by atoms with Crippen LogP contribution in [-0.4, -0.2) is 23.0 Å². The lowest BCUT2D eigenvalue weighted by atomic mass is 10.1. The van der Waals surface area contributed by atoms with Gasteiger partial charge in [0.1, 0.15) is 11.9 Å². The molecule has 6 heteroatoms. The molecule has 4 nitrogen and oxygen atoms in total. The van der Waals surface area contributed by atoms with Crippen LogP contribution in [0.3, 0.4) is 0 Å². The highest BCUT2D eigenvalue weighted by molar-refractivity contribution is 6.31. The molecule has 0 saturated carbocycles. The largest absolute Gasteiger partial charge is 0.480 e. The number of hydrogen-bond donors (Lipinski definition) is 2. The third-order valence-electron chi connectivity index (χ3n) is 2.35. The van der Waals surface area contributed by atoms with Gasteiger partial charge in [0.05, 0.1) is 5.56 Å². The summed E-state index contributed by atoms with van der Waals surface area (Å²) in [6.45, 7) is 1.79. The Kier molecular flexibility index (Phi) is 5.09. The fourth-order valence-electron chi connectivity index (χ4n) is 1.45. The molecule has 1 amide bonds. The van der Waals surface area contributed by atoms with Gasteiger partial charge in [-0.2, -0.15) is 0 Å². The van der Waals surface area contributed by atoms with Crippen LogP contribution in [0.15, 0.2) is 18.2 Å². The molecule has 1 aromatic carbocycles. The molecule has 0 aliphatic rings. The van der Waals surface area contributed by atoms with E-state index >= 15 is 0 Å². The van der Waals surface area contributed by atoms with Gasteiger partial charge in [-0.1, -0.05) is 24.9 Å². The van der Waals surface area contributed by atoms with Crippen LogP contribution in [0.1, 0.15) is 30.1 Å². The first-order valence-electron chi connectivity index (χ1n) is 5.44. The second kappa shape index (κ2) is 6.35. The van der Waals surface area contributed by atoms with Crippen molar-refractivity contribution >= 4 is 23.5 Å². The van der Waals surface area contributed by atoms with Gasteiger partial charge in [-0.3, -0.25) is 4.79 Å². The van der Waals surface area contributed by atoms with Crippen molar-refractivity contribution in [1.82, 2.24) is 5.32 Å². The molecule has 18 heavy (non-hydrogen) atoms. The average Bonchev–Trinajstić information content (AvgIpc) is 2.31. The van der Waals surface area contributed by atoms with Crippen LogP contribution in [-0.2, 0) is 4.79 Å². The number of aliphatic carboxylic acids is 1. The third kappa shape index (κ3) is 3.70. The maximum atomic E-state index is 13.4. The van der Waals surface area contributed by atoms with E-state index in [1.807, 2.05) is 0 Å². The quantitative estimate of drug-likeness (QED) is 0.866. The Morgan fingerprint density at radius 1 is 1.50 bits per heavy atom. The number of amides is 1. The third-order valence-corrected chi connectivity index (χ3v) is 2.59. The van der Waals surface area contributed by atoms with Crippen LogP contribution in [0, 0.1) is 5.82 Å². The summed E-state index contributed by atoms with van der Waals surface area (Å²) in [6.07, 6.45) is 0.874. The van der Waals surface area contributed by atoms with Gasteiger partial charge in [-0.15, -0.1) is 0 Å². The molecule has 1 rings (SSSR count). The van der Waals surface area contributed by atoms with Gasteiger partial charge in [-0.05, 0) is 24.6 Å². The van der Waals surface area contributed by atoms with E-state index in [9.17, 15) is 14.0 Å². The predicted molar refractivity (Wildman–Crippen MR) is 65.2 cm³/mol. The van der Waals surface area contributed by atoms with Crippen LogP contribution in [0.4, 0.5) is 4.39 Å². The minimum Gasteiger partial charge on any atom is -0.480 e. The highest BCUT2D eigenvalue weighted by atomic mass is 35.5. The van der Waals surface area contributed by atoms with Gasteiger partial charge in [0.25, 0.3) is 5.91 Å². The van der Waals surface area contributed by atoms with Gasteiger partial charge >= 0.3 is 5.97 Å². The zero-order chi connectivity index (χ0) is 13.7. The summed E-state index contributed by atoms with van der Waals surface area (Å²) < 4.78 is 13.4. The molecular formula is C12H13ClFNO3. The van der Waals surface area contributed by atoms with Crippen molar-refractivity contribution in [1.29, 1.82) is 0 Å². The molecule has 1 aromatic rings. The molecule has 0 saturated heterocycles. The molecule has 0 unspecified atom stereocenters. The van der Waals surface area contributed by atoms with E-state index in [0.717, 1.165) is 12.1 Å². The van der Waals surface area contributed by atoms with E-state index in [1.54, 1.807) is 6.92 Å². The standard InChI is InChI=1S/C12H13ClFNO3/c1-2-3-10(12(17)18)15-11(16)8-6-7(13)4-5-9(8)14/h4-6,10H,2-3H2,1H3,(H,15,16)(H,17,18)/t10-/m0/s1. The molecule has 0 aromatic heterocycles. The summed E-state index contributed by atoms with van der Waals surface area (Å²) in [7, 11) is 0. The van der Waals surface area contributed by atoms with Crippen LogP contribution in [0.2, 0.25) is 5.02 Å². The van der Waals surface area contributed by atoms with E-state index in [1.165, 1.54) is 6.07 Å². The molecule has 1 atom stereocenters. The van der Waals surface area contributed by atoms with Crippen LogP contribution in [0.5, 0.6) is 0 Å². The van der Waals surface area contributed by atoms with Crippen molar-refractivity contribution < 1.29 is 19.1 Å². The predicted octanol–water partition coefficient (Wildman–Crippen LogP) is 2.46. The van der Waals surface area contributed by atoms with Gasteiger partial charge < -0.3 is 10.4 Å². The van der Waals surface area contributed by atoms with Crippen molar-refractivity contribution in [2.45, 2.75) is 25.8 Å². The first kappa shape index (κ1) is 14.4. The maximum absolute atomic E-state index is 13.4. The lowest BCUT2D eigenvalue weighted by Crippen LogP contribution is -2.40. The monoisotopic (exact) mass is 273 g/mol. The SMILES string of the molecule is CCC[C@H](NC(=O)c1cc(Cl)ccc1F)C(=O)O. The molecular weight excluding hydrogens is 261 g/mol. The Hall–Kier alpha value is -1.62. The number of nitrogens with one attached hydrogen (secondary N) is 1. The van der Waals surface area contributed by atoms with Crippen molar-refractivity contribution in [3.05, 3.63) is 34.6 Å². The number of rotatable bonds is 5. The van der Waals surface area contributed by atoms with Crippen LogP contribution >= 0.6 is 11.6 Å². The second-order valence-corrected chi connectivity index (χ2v) is 4.21. The minimum atomic E-state index is -1.15. The number of halogens is 2. The normalized spacial score (nSPS) is 11.9. The fourth-order valence-corrected chi connectivity index (χ4v) is 1.63. The zero-order valence-electron chi connectivity index (χ0n) is 9.74. The Labute approximate surface area is 109 Å². The zero-order valence-corrected chi connectivity index (χ0v) is 10.5. The Morgan fingerprint density at radius 2 is 2.17 bits per heavy atom. The molecule has 0 aliphatic heterocycles. The molecule has 98 valence electrons. The van der Waals surface area contributed by atoms with E-state index in [4.69, 9.17) is 16.7 Å². The van der Waals surface area contributed by atoms with Gasteiger partial charge in [0.15, 0.2) is 0 Å². The lowest BCUT2D eigenvalue weighted by molar-refractivity contribution is -0.139. The summed E-state index contributed by atoms with van der Waals surface area (Å²) in [5, 5.41) is 11.4. The molecule has 0 fully saturated rings. The molecule has 0 aliphatic carbocycles. The summed E-state index contributed by atoms with van der Waals surface area (Å²) in [5.41, 5.74) is -0.259. The number of carbonyl (C=O) groups is 2. The van der Waals surface area contributed by atoms with Crippen LogP contribution in [0.25, 0.3) is 0 Å². The number of carboxylic acids is 1. The van der Waals surface area contributed by atoms with Crippen LogP contribution < -0.4 is 5.32 Å². The van der Waals surface area contributed by atoms with Gasteiger partial charge in [0, 0.05) is 5.02 Å². The first-order valence-corrected chi connectivity index (χ1v) is 5.82.